The maximum absolute atomic E-state index is 13.4. The molecule has 1 heterocycles. The van der Waals surface area contributed by atoms with Gasteiger partial charge in [-0.1, -0.05) is 74.5 Å². The fourth-order valence-corrected chi connectivity index (χ4v) is 4.52. The molecule has 0 aromatic heterocycles. The van der Waals surface area contributed by atoms with Crippen LogP contribution in [0.15, 0.2) is 42.5 Å². The fraction of sp³-hybridized carbons (Fsp3) is 0.440. The predicted molar refractivity (Wildman–Crippen MR) is 128 cm³/mol. The molecule has 166 valence electrons. The number of anilines is 1. The summed E-state index contributed by atoms with van der Waals surface area (Å²) >= 11 is 12.3. The summed E-state index contributed by atoms with van der Waals surface area (Å²) < 4.78 is 0. The Labute approximate surface area is 195 Å². The van der Waals surface area contributed by atoms with Crippen LogP contribution in [0, 0.1) is 5.92 Å². The molecule has 2 aromatic rings. The van der Waals surface area contributed by atoms with E-state index in [1.54, 1.807) is 18.2 Å². The number of benzene rings is 2. The molecule has 0 N–H and O–H groups in total. The number of halogens is 2. The number of hydrogen-bond donors (Lipinski definition) is 0. The van der Waals surface area contributed by atoms with Crippen molar-refractivity contribution in [3.05, 3.63) is 63.6 Å². The van der Waals surface area contributed by atoms with E-state index in [1.165, 1.54) is 0 Å². The molecule has 0 atom stereocenters. The number of para-hydroxylation sites is 1. The van der Waals surface area contributed by atoms with Crippen molar-refractivity contribution in [2.24, 2.45) is 5.92 Å². The van der Waals surface area contributed by atoms with Crippen molar-refractivity contribution in [2.45, 2.75) is 52.5 Å². The summed E-state index contributed by atoms with van der Waals surface area (Å²) in [5.74, 6) is -0.0747. The number of amides is 2. The summed E-state index contributed by atoms with van der Waals surface area (Å²) in [6, 6.07) is 12.8. The van der Waals surface area contributed by atoms with Crippen LogP contribution in [0.1, 0.15) is 61.9 Å². The van der Waals surface area contributed by atoms with Crippen molar-refractivity contribution < 1.29 is 9.59 Å². The van der Waals surface area contributed by atoms with Crippen molar-refractivity contribution in [1.29, 1.82) is 0 Å². The first-order valence-electron chi connectivity index (χ1n) is 11.0. The molecule has 0 saturated carbocycles. The monoisotopic (exact) mass is 460 g/mol. The molecule has 2 amide bonds. The summed E-state index contributed by atoms with van der Waals surface area (Å²) in [6.07, 6.45) is 5.14. The van der Waals surface area contributed by atoms with Gasteiger partial charge in [0.15, 0.2) is 0 Å². The standard InChI is InChI=1S/C25H30Cl2N2O2/c1-18(2)24(30)29-13-9-5-3-4-8-12-28(17-19-10-6-7-11-23(19)29)25(31)20-14-21(26)16-22(27)15-20/h6-7,10-11,14-16,18H,3-5,8-9,12-13,17H2,1-2H3. The Morgan fingerprint density at radius 3 is 2.16 bits per heavy atom. The Balaban J connectivity index is 1.98. The minimum Gasteiger partial charge on any atom is -0.334 e. The van der Waals surface area contributed by atoms with Crippen molar-refractivity contribution in [1.82, 2.24) is 4.90 Å². The zero-order valence-corrected chi connectivity index (χ0v) is 19.8. The van der Waals surface area contributed by atoms with Crippen LogP contribution in [-0.2, 0) is 11.3 Å². The van der Waals surface area contributed by atoms with Gasteiger partial charge in [0.05, 0.1) is 0 Å². The SMILES string of the molecule is CC(C)C(=O)N1CCCCCCCN(C(=O)c2cc(Cl)cc(Cl)c2)Cc2ccccc21. The first-order chi connectivity index (χ1) is 14.9. The van der Waals surface area contributed by atoms with Crippen LogP contribution in [0.25, 0.3) is 0 Å². The summed E-state index contributed by atoms with van der Waals surface area (Å²) in [5, 5.41) is 0.888. The highest BCUT2D eigenvalue weighted by Gasteiger charge is 2.24. The maximum atomic E-state index is 13.4. The first-order valence-corrected chi connectivity index (χ1v) is 11.8. The maximum Gasteiger partial charge on any atom is 0.254 e. The van der Waals surface area contributed by atoms with Gasteiger partial charge < -0.3 is 9.80 Å². The molecule has 0 spiro atoms. The highest BCUT2D eigenvalue weighted by atomic mass is 35.5. The average Bonchev–Trinajstić information content (AvgIpc) is 2.72. The molecule has 31 heavy (non-hydrogen) atoms. The van der Waals surface area contributed by atoms with E-state index in [4.69, 9.17) is 23.2 Å². The van der Waals surface area contributed by atoms with Crippen LogP contribution in [0.4, 0.5) is 5.69 Å². The lowest BCUT2D eigenvalue weighted by Gasteiger charge is -2.30. The summed E-state index contributed by atoms with van der Waals surface area (Å²) in [7, 11) is 0. The Morgan fingerprint density at radius 2 is 1.48 bits per heavy atom. The lowest BCUT2D eigenvalue weighted by molar-refractivity contribution is -0.121. The molecule has 0 radical (unpaired) electrons. The van der Waals surface area contributed by atoms with Crippen LogP contribution in [0.3, 0.4) is 0 Å². The molecule has 3 rings (SSSR count). The predicted octanol–water partition coefficient (Wildman–Crippen LogP) is 6.59. The normalized spacial score (nSPS) is 15.8. The molecule has 1 aliphatic rings. The third kappa shape index (κ3) is 6.24. The summed E-state index contributed by atoms with van der Waals surface area (Å²) in [5.41, 5.74) is 2.35. The van der Waals surface area contributed by atoms with Gasteiger partial charge in [-0.25, -0.2) is 0 Å². The molecule has 0 unspecified atom stereocenters. The second kappa shape index (κ2) is 11.0. The van der Waals surface area contributed by atoms with Gasteiger partial charge in [-0.3, -0.25) is 9.59 Å². The number of nitrogens with zero attached hydrogens (tertiary/aromatic N) is 2. The van der Waals surface area contributed by atoms with E-state index >= 15 is 0 Å². The molecule has 0 aliphatic carbocycles. The largest absolute Gasteiger partial charge is 0.334 e. The van der Waals surface area contributed by atoms with Gasteiger partial charge in [0, 0.05) is 46.8 Å². The van der Waals surface area contributed by atoms with Crippen molar-refractivity contribution in [3.8, 4) is 0 Å². The van der Waals surface area contributed by atoms with E-state index in [-0.39, 0.29) is 17.7 Å². The Morgan fingerprint density at radius 1 is 0.871 bits per heavy atom. The van der Waals surface area contributed by atoms with Crippen molar-refractivity contribution in [3.63, 3.8) is 0 Å². The van der Waals surface area contributed by atoms with Gasteiger partial charge in [0.25, 0.3) is 5.91 Å². The molecule has 1 aliphatic heterocycles. The highest BCUT2D eigenvalue weighted by Crippen LogP contribution is 2.27. The fourth-order valence-electron chi connectivity index (χ4n) is 3.99. The number of fused-ring (bicyclic) bond motifs is 1. The lowest BCUT2D eigenvalue weighted by atomic mass is 10.0. The number of carbonyl (C=O) groups is 2. The molecule has 0 bridgehead atoms. The second-order valence-electron chi connectivity index (χ2n) is 8.43. The van der Waals surface area contributed by atoms with Crippen LogP contribution in [0.2, 0.25) is 10.0 Å². The van der Waals surface area contributed by atoms with Crippen LogP contribution in [0.5, 0.6) is 0 Å². The van der Waals surface area contributed by atoms with E-state index < -0.39 is 0 Å². The molecule has 2 aromatic carbocycles. The molecule has 0 saturated heterocycles. The third-order valence-electron chi connectivity index (χ3n) is 5.61. The topological polar surface area (TPSA) is 40.6 Å². The average molecular weight is 461 g/mol. The Kier molecular flexibility index (Phi) is 8.39. The van der Waals surface area contributed by atoms with Gasteiger partial charge in [0.2, 0.25) is 5.91 Å². The third-order valence-corrected chi connectivity index (χ3v) is 6.05. The quantitative estimate of drug-likeness (QED) is 0.506. The van der Waals surface area contributed by atoms with Crippen LogP contribution < -0.4 is 4.90 Å². The van der Waals surface area contributed by atoms with Crippen LogP contribution >= 0.6 is 23.2 Å². The minimum atomic E-state index is -0.0991. The van der Waals surface area contributed by atoms with E-state index in [0.717, 1.165) is 43.4 Å². The summed E-state index contributed by atoms with van der Waals surface area (Å²) in [6.45, 7) is 5.64. The lowest BCUT2D eigenvalue weighted by Crippen LogP contribution is -2.37. The molecule has 0 fully saturated rings. The number of carbonyl (C=O) groups excluding carboxylic acids is 2. The zero-order valence-electron chi connectivity index (χ0n) is 18.2. The first kappa shape index (κ1) is 23.6. The van der Waals surface area contributed by atoms with E-state index in [0.29, 0.717) is 35.2 Å². The number of rotatable bonds is 2. The molecular weight excluding hydrogens is 431 g/mol. The molecule has 4 nitrogen and oxygen atoms in total. The van der Waals surface area contributed by atoms with Crippen LogP contribution in [-0.4, -0.2) is 29.8 Å². The molecule has 6 heteroatoms. The van der Waals surface area contributed by atoms with Crippen molar-refractivity contribution in [2.75, 3.05) is 18.0 Å². The second-order valence-corrected chi connectivity index (χ2v) is 9.30. The Hall–Kier alpha value is -2.04. The van der Waals surface area contributed by atoms with Gasteiger partial charge in [0.1, 0.15) is 0 Å². The summed E-state index contributed by atoms with van der Waals surface area (Å²) in [4.78, 5) is 30.1. The highest BCUT2D eigenvalue weighted by molar-refractivity contribution is 6.35. The smallest absolute Gasteiger partial charge is 0.254 e. The zero-order chi connectivity index (χ0) is 22.4. The van der Waals surface area contributed by atoms with Gasteiger partial charge in [-0.15, -0.1) is 0 Å². The van der Waals surface area contributed by atoms with E-state index in [2.05, 4.69) is 0 Å². The minimum absolute atomic E-state index is 0.0905. The molecular formula is C25H30Cl2N2O2. The van der Waals surface area contributed by atoms with Gasteiger partial charge in [-0.2, -0.15) is 0 Å². The van der Waals surface area contributed by atoms with Gasteiger partial charge >= 0.3 is 0 Å². The van der Waals surface area contributed by atoms with Gasteiger partial charge in [-0.05, 0) is 42.7 Å². The van der Waals surface area contributed by atoms with Crippen molar-refractivity contribution >= 4 is 40.7 Å². The Bertz CT molecular complexity index is 909. The van der Waals surface area contributed by atoms with E-state index in [9.17, 15) is 9.59 Å². The van der Waals surface area contributed by atoms with E-state index in [1.807, 2.05) is 47.9 Å². The number of hydrogen-bond acceptors (Lipinski definition) is 2.